The third-order valence-electron chi connectivity index (χ3n) is 2.26. The number of hydrogen-bond donors (Lipinski definition) is 0. The van der Waals surface area contributed by atoms with Crippen molar-refractivity contribution >= 4 is 23.2 Å². The number of alkyl halides is 1. The van der Waals surface area contributed by atoms with Crippen LogP contribution in [0.15, 0.2) is 24.3 Å². The van der Waals surface area contributed by atoms with Gasteiger partial charge in [-0.15, -0.1) is 11.6 Å². The quantitative estimate of drug-likeness (QED) is 0.449. The Kier molecular flexibility index (Phi) is 5.38. The van der Waals surface area contributed by atoms with Gasteiger partial charge in [-0.1, -0.05) is 6.07 Å². The topological polar surface area (TPSA) is 72.7 Å². The molecule has 0 aliphatic heterocycles. The minimum absolute atomic E-state index is 0.0299. The lowest BCUT2D eigenvalue weighted by atomic mass is 10.3. The van der Waals surface area contributed by atoms with E-state index < -0.39 is 4.92 Å². The van der Waals surface area contributed by atoms with Crippen LogP contribution in [0, 0.1) is 10.1 Å². The summed E-state index contributed by atoms with van der Waals surface area (Å²) in [6, 6.07) is 5.89. The van der Waals surface area contributed by atoms with Crippen LogP contribution in [0.25, 0.3) is 0 Å². The number of nitro benzene ring substituents is 1. The fourth-order valence-electron chi connectivity index (χ4n) is 1.21. The molecule has 0 fully saturated rings. The monoisotopic (exact) mass is 272 g/mol. The number of carbonyl (C=O) groups is 1. The van der Waals surface area contributed by atoms with Crippen molar-refractivity contribution in [3.63, 3.8) is 0 Å². The average molecular weight is 273 g/mol. The van der Waals surface area contributed by atoms with Crippen molar-refractivity contribution in [2.45, 2.75) is 0 Å². The van der Waals surface area contributed by atoms with E-state index in [0.717, 1.165) is 0 Å². The Morgan fingerprint density at radius 3 is 2.89 bits per heavy atom. The number of amides is 1. The number of non-ortho nitro benzene ring substituents is 1. The maximum atomic E-state index is 11.1. The Bertz CT molecular complexity index is 439. The van der Waals surface area contributed by atoms with Crippen molar-refractivity contribution in [3.05, 3.63) is 34.4 Å². The predicted molar refractivity (Wildman–Crippen MR) is 66.9 cm³/mol. The average Bonchev–Trinajstić information content (AvgIpc) is 2.38. The summed E-state index contributed by atoms with van der Waals surface area (Å²) in [6.07, 6.45) is 0. The van der Waals surface area contributed by atoms with Crippen LogP contribution in [-0.4, -0.2) is 41.8 Å². The second kappa shape index (κ2) is 6.80. The van der Waals surface area contributed by atoms with E-state index in [0.29, 0.717) is 12.3 Å². The van der Waals surface area contributed by atoms with E-state index in [2.05, 4.69) is 0 Å². The Balaban J connectivity index is 2.46. The van der Waals surface area contributed by atoms with E-state index in [-0.39, 0.29) is 24.1 Å². The van der Waals surface area contributed by atoms with Gasteiger partial charge in [-0.3, -0.25) is 14.9 Å². The largest absolute Gasteiger partial charge is 0.491 e. The molecule has 0 heterocycles. The molecule has 1 rings (SSSR count). The summed E-state index contributed by atoms with van der Waals surface area (Å²) < 4.78 is 5.32. The molecule has 0 radical (unpaired) electrons. The molecule has 0 spiro atoms. The van der Waals surface area contributed by atoms with Crippen LogP contribution in [0.2, 0.25) is 0 Å². The van der Waals surface area contributed by atoms with Gasteiger partial charge in [0.15, 0.2) is 0 Å². The maximum absolute atomic E-state index is 11.1. The molecule has 0 saturated carbocycles. The van der Waals surface area contributed by atoms with E-state index >= 15 is 0 Å². The second-order valence-electron chi connectivity index (χ2n) is 3.55. The summed E-state index contributed by atoms with van der Waals surface area (Å²) in [7, 11) is 1.61. The molecule has 1 aromatic rings. The summed E-state index contributed by atoms with van der Waals surface area (Å²) in [5.74, 6) is 0.128. The van der Waals surface area contributed by atoms with E-state index in [9.17, 15) is 14.9 Å². The Morgan fingerprint density at radius 2 is 2.28 bits per heavy atom. The van der Waals surface area contributed by atoms with E-state index in [1.807, 2.05) is 0 Å². The summed E-state index contributed by atoms with van der Waals surface area (Å²) in [5, 5.41) is 10.5. The third kappa shape index (κ3) is 4.21. The lowest BCUT2D eigenvalue weighted by molar-refractivity contribution is -0.384. The molecule has 7 heteroatoms. The fraction of sp³-hybridized carbons (Fsp3) is 0.364. The minimum Gasteiger partial charge on any atom is -0.491 e. The molecule has 6 nitrogen and oxygen atoms in total. The second-order valence-corrected chi connectivity index (χ2v) is 3.82. The van der Waals surface area contributed by atoms with Gasteiger partial charge in [-0.05, 0) is 6.07 Å². The van der Waals surface area contributed by atoms with Crippen molar-refractivity contribution in [3.8, 4) is 5.75 Å². The highest BCUT2D eigenvalue weighted by molar-refractivity contribution is 6.27. The number of ether oxygens (including phenoxy) is 1. The van der Waals surface area contributed by atoms with Gasteiger partial charge in [-0.2, -0.15) is 0 Å². The standard InChI is InChI=1S/C11H13ClN2O4/c1-13(11(15)8-12)5-6-18-10-4-2-3-9(7-10)14(16)17/h2-4,7H,5-6,8H2,1H3. The number of carbonyl (C=O) groups excluding carboxylic acids is 1. The van der Waals surface area contributed by atoms with Gasteiger partial charge in [0.05, 0.1) is 17.5 Å². The molecular weight excluding hydrogens is 260 g/mol. The zero-order chi connectivity index (χ0) is 13.5. The van der Waals surface area contributed by atoms with Gasteiger partial charge in [0.2, 0.25) is 5.91 Å². The molecule has 0 N–H and O–H groups in total. The smallest absolute Gasteiger partial charge is 0.273 e. The van der Waals surface area contributed by atoms with Gasteiger partial charge in [-0.25, -0.2) is 0 Å². The normalized spacial score (nSPS) is 9.89. The molecule has 98 valence electrons. The van der Waals surface area contributed by atoms with Gasteiger partial charge in [0.1, 0.15) is 18.2 Å². The first-order valence-corrected chi connectivity index (χ1v) is 5.75. The molecule has 0 aliphatic rings. The van der Waals surface area contributed by atoms with Crippen molar-refractivity contribution in [2.24, 2.45) is 0 Å². The molecule has 1 aromatic carbocycles. The van der Waals surface area contributed by atoms with Crippen LogP contribution in [0.4, 0.5) is 5.69 Å². The fourth-order valence-corrected chi connectivity index (χ4v) is 1.42. The molecule has 18 heavy (non-hydrogen) atoms. The van der Waals surface area contributed by atoms with Crippen molar-refractivity contribution < 1.29 is 14.5 Å². The van der Waals surface area contributed by atoms with E-state index in [1.165, 1.54) is 17.0 Å². The first-order chi connectivity index (χ1) is 8.54. The van der Waals surface area contributed by atoms with Crippen LogP contribution in [0.1, 0.15) is 0 Å². The number of rotatable bonds is 6. The Morgan fingerprint density at radius 1 is 1.56 bits per heavy atom. The zero-order valence-corrected chi connectivity index (χ0v) is 10.6. The lowest BCUT2D eigenvalue weighted by Gasteiger charge is -2.15. The predicted octanol–water partition coefficient (Wildman–Crippen LogP) is 1.67. The highest BCUT2D eigenvalue weighted by Crippen LogP contribution is 2.18. The van der Waals surface area contributed by atoms with Crippen LogP contribution in [0.5, 0.6) is 5.75 Å². The molecule has 0 saturated heterocycles. The molecule has 1 amide bonds. The Hall–Kier alpha value is -1.82. The lowest BCUT2D eigenvalue weighted by Crippen LogP contribution is -2.31. The molecule has 0 unspecified atom stereocenters. The van der Waals surface area contributed by atoms with Crippen molar-refractivity contribution in [2.75, 3.05) is 26.1 Å². The van der Waals surface area contributed by atoms with Gasteiger partial charge < -0.3 is 9.64 Å². The number of likely N-dealkylation sites (N-methyl/N-ethyl adjacent to an activating group) is 1. The third-order valence-corrected chi connectivity index (χ3v) is 2.49. The van der Waals surface area contributed by atoms with Gasteiger partial charge in [0.25, 0.3) is 5.69 Å². The molecule has 0 aromatic heterocycles. The molecular formula is C11H13ClN2O4. The van der Waals surface area contributed by atoms with Crippen molar-refractivity contribution in [1.82, 2.24) is 4.90 Å². The summed E-state index contributed by atoms with van der Waals surface area (Å²) in [4.78, 5) is 22.6. The highest BCUT2D eigenvalue weighted by atomic mass is 35.5. The maximum Gasteiger partial charge on any atom is 0.273 e. The number of hydrogen-bond acceptors (Lipinski definition) is 4. The number of nitrogens with zero attached hydrogens (tertiary/aromatic N) is 2. The molecule has 0 aliphatic carbocycles. The van der Waals surface area contributed by atoms with E-state index in [4.69, 9.17) is 16.3 Å². The van der Waals surface area contributed by atoms with Crippen LogP contribution in [-0.2, 0) is 4.79 Å². The molecule has 0 bridgehead atoms. The Labute approximate surface area is 109 Å². The SMILES string of the molecule is CN(CCOc1cccc([N+](=O)[O-])c1)C(=O)CCl. The van der Waals surface area contributed by atoms with Gasteiger partial charge in [0, 0.05) is 13.1 Å². The van der Waals surface area contributed by atoms with Crippen LogP contribution in [0.3, 0.4) is 0 Å². The van der Waals surface area contributed by atoms with Crippen LogP contribution >= 0.6 is 11.6 Å². The summed E-state index contributed by atoms with van der Waals surface area (Å²) >= 11 is 5.39. The van der Waals surface area contributed by atoms with Crippen molar-refractivity contribution in [1.29, 1.82) is 0 Å². The molecule has 0 atom stereocenters. The number of benzene rings is 1. The minimum atomic E-state index is -0.490. The number of halogens is 1. The summed E-state index contributed by atoms with van der Waals surface area (Å²) in [5.41, 5.74) is -0.0299. The van der Waals surface area contributed by atoms with Gasteiger partial charge >= 0.3 is 0 Å². The number of nitro groups is 1. The highest BCUT2D eigenvalue weighted by Gasteiger charge is 2.08. The summed E-state index contributed by atoms with van der Waals surface area (Å²) in [6.45, 7) is 0.620. The van der Waals surface area contributed by atoms with E-state index in [1.54, 1.807) is 19.2 Å². The zero-order valence-electron chi connectivity index (χ0n) is 9.84. The van der Waals surface area contributed by atoms with Crippen LogP contribution < -0.4 is 4.74 Å². The first-order valence-electron chi connectivity index (χ1n) is 5.21. The first kappa shape index (κ1) is 14.2.